The molecule has 3 amide bonds. The fraction of sp³-hybridized carbons (Fsp3) is 0.290. The number of hydrogen-bond acceptors (Lipinski definition) is 9. The molecule has 0 fully saturated rings. The molecule has 3 atom stereocenters. The van der Waals surface area contributed by atoms with Crippen molar-refractivity contribution in [2.45, 2.75) is 57.3 Å². The first kappa shape index (κ1) is 30.0. The second-order valence-corrected chi connectivity index (χ2v) is 10.3. The summed E-state index contributed by atoms with van der Waals surface area (Å²) in [5.74, 6) is -1.91. The second-order valence-electron chi connectivity index (χ2n) is 10.3. The average Bonchev–Trinajstić information content (AvgIpc) is 3.73. The van der Waals surface area contributed by atoms with Crippen molar-refractivity contribution in [1.82, 2.24) is 36.2 Å². The van der Waals surface area contributed by atoms with Crippen molar-refractivity contribution in [3.63, 3.8) is 0 Å². The van der Waals surface area contributed by atoms with Crippen LogP contribution in [0.5, 0.6) is 0 Å². The van der Waals surface area contributed by atoms with Crippen molar-refractivity contribution in [3.8, 4) is 0 Å². The summed E-state index contributed by atoms with van der Waals surface area (Å²) in [5.41, 5.74) is 2.30. The number of hydrogen-bond donors (Lipinski definition) is 3. The molecule has 0 bridgehead atoms. The quantitative estimate of drug-likeness (QED) is 0.207. The van der Waals surface area contributed by atoms with Gasteiger partial charge in [-0.15, -0.1) is 10.2 Å². The molecule has 2 aromatic carbocycles. The Hall–Kier alpha value is -5.46. The summed E-state index contributed by atoms with van der Waals surface area (Å²) >= 11 is 0. The largest absolute Gasteiger partial charge is 0.461 e. The van der Waals surface area contributed by atoms with Gasteiger partial charge < -0.3 is 15.4 Å². The predicted octanol–water partition coefficient (Wildman–Crippen LogP) is 1.98. The molecule has 0 saturated carbocycles. The summed E-state index contributed by atoms with van der Waals surface area (Å²) in [6.45, 7) is 1.82. The Morgan fingerprint density at radius 1 is 1.02 bits per heavy atom. The lowest BCUT2D eigenvalue weighted by atomic mass is 9.99. The lowest BCUT2D eigenvalue weighted by Crippen LogP contribution is -2.55. The first-order valence-electron chi connectivity index (χ1n) is 14.2. The zero-order chi connectivity index (χ0) is 30.9. The van der Waals surface area contributed by atoms with Gasteiger partial charge in [-0.2, -0.15) is 5.21 Å². The summed E-state index contributed by atoms with van der Waals surface area (Å²) in [4.78, 5) is 59.4. The molecule has 0 unspecified atom stereocenters. The maximum Gasteiger partial charge on any atom is 0.306 e. The van der Waals surface area contributed by atoms with Gasteiger partial charge in [0.2, 0.25) is 11.8 Å². The van der Waals surface area contributed by atoms with E-state index in [1.54, 1.807) is 19.1 Å². The molecule has 0 radical (unpaired) electrons. The number of H-pyrrole nitrogens is 1. The lowest BCUT2D eigenvalue weighted by Gasteiger charge is -2.29. The molecule has 0 spiro atoms. The van der Waals surface area contributed by atoms with Crippen LogP contribution in [0.3, 0.4) is 0 Å². The van der Waals surface area contributed by atoms with E-state index in [0.29, 0.717) is 11.4 Å². The Morgan fingerprint density at radius 3 is 2.50 bits per heavy atom. The molecule has 5 rings (SSSR count). The number of nitrogens with one attached hydrogen (secondary N) is 3. The third-order valence-electron chi connectivity index (χ3n) is 7.36. The van der Waals surface area contributed by atoms with E-state index in [0.717, 1.165) is 11.1 Å². The molecule has 0 saturated heterocycles. The Balaban J connectivity index is 1.35. The molecule has 3 heterocycles. The number of pyridine rings is 1. The minimum Gasteiger partial charge on any atom is -0.461 e. The number of nitrogens with zero attached hydrogens (tertiary/aromatic N) is 5. The molecule has 13 nitrogen and oxygen atoms in total. The zero-order valence-corrected chi connectivity index (χ0v) is 24.1. The van der Waals surface area contributed by atoms with Crippen LogP contribution in [0.1, 0.15) is 48.2 Å². The number of carbonyl (C=O) groups is 4. The Bertz CT molecular complexity index is 1580. The zero-order valence-electron chi connectivity index (χ0n) is 24.1. The highest BCUT2D eigenvalue weighted by molar-refractivity contribution is 6.06. The maximum absolute atomic E-state index is 14.2. The van der Waals surface area contributed by atoms with Gasteiger partial charge in [-0.1, -0.05) is 71.9 Å². The highest BCUT2D eigenvalue weighted by atomic mass is 16.5. The summed E-state index contributed by atoms with van der Waals surface area (Å²) in [6.07, 6.45) is 1.56. The van der Waals surface area contributed by atoms with Crippen LogP contribution in [0, 0.1) is 0 Å². The van der Waals surface area contributed by atoms with Crippen LogP contribution in [-0.2, 0) is 43.5 Å². The minimum absolute atomic E-state index is 0.000350. The molecule has 4 aromatic rings. The van der Waals surface area contributed by atoms with Gasteiger partial charge >= 0.3 is 5.97 Å². The highest BCUT2D eigenvalue weighted by Gasteiger charge is 2.42. The van der Waals surface area contributed by atoms with Gasteiger partial charge in [-0.3, -0.25) is 24.1 Å². The lowest BCUT2D eigenvalue weighted by molar-refractivity contribution is -0.145. The number of tetrazole rings is 1. The van der Waals surface area contributed by atoms with Gasteiger partial charge in [0.05, 0.1) is 12.5 Å². The Kier molecular flexibility index (Phi) is 9.64. The Morgan fingerprint density at radius 2 is 1.77 bits per heavy atom. The van der Waals surface area contributed by atoms with Crippen molar-refractivity contribution in [3.05, 3.63) is 102 Å². The van der Waals surface area contributed by atoms with Crippen molar-refractivity contribution in [1.29, 1.82) is 0 Å². The normalized spacial score (nSPS) is 15.1. The maximum atomic E-state index is 14.2. The van der Waals surface area contributed by atoms with E-state index >= 15 is 0 Å². The average molecular weight is 597 g/mol. The number of aromatic amines is 1. The van der Waals surface area contributed by atoms with Crippen LogP contribution < -0.4 is 15.5 Å². The van der Waals surface area contributed by atoms with Gasteiger partial charge in [0.15, 0.2) is 5.82 Å². The number of fused-ring (bicyclic) bond motifs is 1. The van der Waals surface area contributed by atoms with E-state index in [2.05, 4.69) is 36.2 Å². The molecule has 1 aliphatic heterocycles. The van der Waals surface area contributed by atoms with Crippen LogP contribution in [0.25, 0.3) is 0 Å². The highest BCUT2D eigenvalue weighted by Crippen LogP contribution is 2.31. The van der Waals surface area contributed by atoms with Crippen molar-refractivity contribution >= 4 is 29.5 Å². The van der Waals surface area contributed by atoms with Gasteiger partial charge in [0.25, 0.3) is 5.91 Å². The topological polar surface area (TPSA) is 172 Å². The summed E-state index contributed by atoms with van der Waals surface area (Å²) < 4.78 is 5.42. The number of anilines is 1. The third kappa shape index (κ3) is 7.30. The molecule has 44 heavy (non-hydrogen) atoms. The number of carbonyl (C=O) groups excluding carboxylic acids is 4. The SMILES string of the molecule is C[C@H](C(=O)N[C@@H](CCC(=O)OCc1ccccc1)C(=O)N1c2ncccc2C[C@H]1C(=O)NCc1nn[nH]n1)c1ccccc1. The monoisotopic (exact) mass is 596 g/mol. The molecule has 13 heteroatoms. The van der Waals surface area contributed by atoms with Crippen molar-refractivity contribution in [2.75, 3.05) is 4.90 Å². The van der Waals surface area contributed by atoms with E-state index in [1.165, 1.54) is 11.1 Å². The van der Waals surface area contributed by atoms with Gasteiger partial charge in [-0.05, 0) is 36.1 Å². The summed E-state index contributed by atoms with van der Waals surface area (Å²) in [7, 11) is 0. The molecule has 1 aliphatic rings. The van der Waals surface area contributed by atoms with E-state index in [-0.39, 0.29) is 38.2 Å². The van der Waals surface area contributed by atoms with Crippen LogP contribution in [0.4, 0.5) is 5.82 Å². The van der Waals surface area contributed by atoms with E-state index in [9.17, 15) is 19.2 Å². The first-order chi connectivity index (χ1) is 21.4. The second kappa shape index (κ2) is 14.1. The predicted molar refractivity (Wildman–Crippen MR) is 157 cm³/mol. The van der Waals surface area contributed by atoms with Crippen LogP contribution in [0.2, 0.25) is 0 Å². The van der Waals surface area contributed by atoms with E-state index in [1.807, 2.05) is 60.7 Å². The van der Waals surface area contributed by atoms with Crippen LogP contribution in [0.15, 0.2) is 79.0 Å². The molecule has 2 aromatic heterocycles. The smallest absolute Gasteiger partial charge is 0.306 e. The van der Waals surface area contributed by atoms with Crippen LogP contribution >= 0.6 is 0 Å². The molecule has 0 aliphatic carbocycles. The first-order valence-corrected chi connectivity index (χ1v) is 14.2. The summed E-state index contributed by atoms with van der Waals surface area (Å²) in [6, 6.07) is 19.8. The van der Waals surface area contributed by atoms with E-state index < -0.39 is 41.7 Å². The molecular weight excluding hydrogens is 564 g/mol. The van der Waals surface area contributed by atoms with E-state index in [4.69, 9.17) is 4.74 Å². The number of benzene rings is 2. The molecule has 226 valence electrons. The number of ether oxygens (including phenoxy) is 1. The Labute approximate surface area is 253 Å². The fourth-order valence-corrected chi connectivity index (χ4v) is 4.95. The summed E-state index contributed by atoms with van der Waals surface area (Å²) in [5, 5.41) is 19.1. The number of esters is 1. The fourth-order valence-electron chi connectivity index (χ4n) is 4.95. The van der Waals surface area contributed by atoms with Gasteiger partial charge in [-0.25, -0.2) is 4.98 Å². The number of amides is 3. The minimum atomic E-state index is -1.14. The van der Waals surface area contributed by atoms with Crippen molar-refractivity contribution < 1.29 is 23.9 Å². The molecule has 3 N–H and O–H groups in total. The number of rotatable bonds is 12. The third-order valence-corrected chi connectivity index (χ3v) is 7.36. The van der Waals surface area contributed by atoms with Crippen molar-refractivity contribution in [2.24, 2.45) is 0 Å². The molecular formula is C31H32N8O5. The number of aromatic nitrogens is 5. The standard InChI is InChI=1S/C31H32N8O5/c1-20(22-11-6-3-7-12-22)29(41)34-24(14-15-27(40)44-19-21-9-4-2-5-10-21)31(43)39-25(17-23-13-8-16-32-28(23)39)30(42)33-18-26-35-37-38-36-26/h2-13,16,20,24-25H,14-15,17-19H2,1H3,(H,33,42)(H,34,41)(H,35,36,37,38)/t20-,24-,25-/m0/s1. The van der Waals surface area contributed by atoms with Gasteiger partial charge in [0.1, 0.15) is 24.5 Å². The van der Waals surface area contributed by atoms with Gasteiger partial charge in [0, 0.05) is 19.0 Å². The van der Waals surface area contributed by atoms with Crippen LogP contribution in [-0.4, -0.2) is 61.4 Å².